The Morgan fingerprint density at radius 1 is 0.824 bits per heavy atom. The van der Waals surface area contributed by atoms with Crippen LogP contribution in [0.1, 0.15) is 30.9 Å². The SMILES string of the molecule is CC(=Nc1c(Br)cc(C)cc1Br)C(CCCO[Si](C)(C)C)=Nc1c(Br)cc(C)cc1Br.[Br][Ni][Br]. The van der Waals surface area contributed by atoms with Crippen molar-refractivity contribution in [3.05, 3.63) is 53.3 Å². The van der Waals surface area contributed by atoms with Crippen LogP contribution in [0.15, 0.2) is 52.1 Å². The van der Waals surface area contributed by atoms with Gasteiger partial charge in [-0.1, -0.05) is 0 Å². The number of rotatable bonds is 8. The molecule has 0 bridgehead atoms. The van der Waals surface area contributed by atoms with Crippen LogP contribution in [0, 0.1) is 13.8 Å². The van der Waals surface area contributed by atoms with E-state index in [9.17, 15) is 0 Å². The summed E-state index contributed by atoms with van der Waals surface area (Å²) in [5.41, 5.74) is 5.92. The fourth-order valence-electron chi connectivity index (χ4n) is 2.90. The van der Waals surface area contributed by atoms with E-state index in [1.165, 1.54) is 22.0 Å². The number of nitrogens with zero attached hydrogens (tertiary/aromatic N) is 2. The number of hydrogen-bond acceptors (Lipinski definition) is 3. The first-order valence-corrected chi connectivity index (χ1v) is 21.8. The minimum atomic E-state index is -1.53. The quantitative estimate of drug-likeness (QED) is 0.148. The number of aliphatic imine (C=N–C) groups is 2. The van der Waals surface area contributed by atoms with E-state index in [1.807, 2.05) is 6.92 Å². The van der Waals surface area contributed by atoms with Crippen molar-refractivity contribution in [2.24, 2.45) is 9.98 Å². The molecule has 0 radical (unpaired) electrons. The van der Waals surface area contributed by atoms with Crippen LogP contribution in [0.4, 0.5) is 11.4 Å². The summed E-state index contributed by atoms with van der Waals surface area (Å²) in [5, 5.41) is 0. The summed E-state index contributed by atoms with van der Waals surface area (Å²) < 4.78 is 9.88. The van der Waals surface area contributed by atoms with E-state index in [0.717, 1.165) is 60.1 Å². The molecule has 34 heavy (non-hydrogen) atoms. The molecule has 192 valence electrons. The summed E-state index contributed by atoms with van der Waals surface area (Å²) in [5.74, 6) is 0. The Kier molecular flexibility index (Phi) is 16.0. The van der Waals surface area contributed by atoms with Crippen LogP contribution in [0.25, 0.3) is 0 Å². The van der Waals surface area contributed by atoms with E-state index in [4.69, 9.17) is 14.4 Å². The van der Waals surface area contributed by atoms with E-state index in [-0.39, 0.29) is 0 Å². The van der Waals surface area contributed by atoms with Crippen molar-refractivity contribution in [3.8, 4) is 0 Å². The van der Waals surface area contributed by atoms with E-state index < -0.39 is 8.32 Å². The second-order valence-electron chi connectivity index (χ2n) is 8.52. The minimum absolute atomic E-state index is 0.732. The predicted octanol–water partition coefficient (Wildman–Crippen LogP) is 11.5. The first kappa shape index (κ1) is 33.4. The summed E-state index contributed by atoms with van der Waals surface area (Å²) in [6.07, 6.45) is 1.68. The normalized spacial score (nSPS) is 12.6. The maximum absolute atomic E-state index is 6.05. The third kappa shape index (κ3) is 12.2. The molecule has 2 aromatic carbocycles. The van der Waals surface area contributed by atoms with Gasteiger partial charge in [0, 0.05) is 24.5 Å². The molecule has 0 saturated heterocycles. The zero-order valence-corrected chi connectivity index (χ0v) is 31.3. The zero-order valence-electron chi connectivity index (χ0n) is 19.8. The van der Waals surface area contributed by atoms with Gasteiger partial charge in [-0.2, -0.15) is 0 Å². The third-order valence-corrected chi connectivity index (χ3v) is 7.85. The van der Waals surface area contributed by atoms with Crippen molar-refractivity contribution in [1.29, 1.82) is 0 Å². The van der Waals surface area contributed by atoms with Crippen molar-refractivity contribution >= 4 is 123 Å². The summed E-state index contributed by atoms with van der Waals surface area (Å²) >= 11 is 20.6. The van der Waals surface area contributed by atoms with E-state index in [2.05, 4.69) is 150 Å². The molecule has 0 saturated carbocycles. The fraction of sp³-hybridized carbons (Fsp3) is 0.391. The molecule has 0 aliphatic heterocycles. The summed E-state index contributed by atoms with van der Waals surface area (Å²) in [6.45, 7) is 13.5. The average Bonchev–Trinajstić information content (AvgIpc) is 2.68. The van der Waals surface area contributed by atoms with Crippen molar-refractivity contribution in [1.82, 2.24) is 0 Å². The molecule has 3 nitrogen and oxygen atoms in total. The van der Waals surface area contributed by atoms with Gasteiger partial charge in [0.05, 0.1) is 22.8 Å². The predicted molar refractivity (Wildman–Crippen MR) is 169 cm³/mol. The molecule has 0 aliphatic rings. The molecule has 0 atom stereocenters. The average molecular weight is 915 g/mol. The van der Waals surface area contributed by atoms with Crippen LogP contribution in [0.5, 0.6) is 0 Å². The Balaban J connectivity index is 0.00000182. The van der Waals surface area contributed by atoms with Gasteiger partial charge in [-0.3, -0.25) is 0 Å². The molecular formula is C23H28Br6N2NiOSi. The molecular weight excluding hydrogens is 886 g/mol. The standard InChI is InChI=1S/C23H28Br4N2OSi.2BrH.Ni/c1-14-10-17(24)22(18(25)11-14)28-16(3)21(8-7-9-30-31(4,5)6)29-23-19(26)12-15(2)13-20(23)27;;;/h10-13H,7-9H2,1-6H3;2*1H;/q;;;+2/p-2. The molecule has 0 aromatic heterocycles. The number of benzene rings is 2. The Labute approximate surface area is 258 Å². The summed E-state index contributed by atoms with van der Waals surface area (Å²) in [7, 11) is -0.284. The molecule has 0 unspecified atom stereocenters. The van der Waals surface area contributed by atoms with Gasteiger partial charge < -0.3 is 4.43 Å². The molecule has 0 aliphatic carbocycles. The summed E-state index contributed by atoms with van der Waals surface area (Å²) in [4.78, 5) is 9.95. The van der Waals surface area contributed by atoms with Gasteiger partial charge >= 0.3 is 39.3 Å². The van der Waals surface area contributed by atoms with E-state index in [1.54, 1.807) is 0 Å². The molecule has 0 spiro atoms. The van der Waals surface area contributed by atoms with E-state index >= 15 is 0 Å². The van der Waals surface area contributed by atoms with Crippen LogP contribution in [-0.2, 0) is 15.3 Å². The molecule has 0 heterocycles. The Hall–Kier alpha value is 1.33. The molecule has 0 amide bonds. The van der Waals surface area contributed by atoms with Crippen LogP contribution in [-0.4, -0.2) is 26.3 Å². The molecule has 2 rings (SSSR count). The van der Waals surface area contributed by atoms with Gasteiger partial charge in [-0.05, 0) is 152 Å². The van der Waals surface area contributed by atoms with E-state index in [0.29, 0.717) is 0 Å². The number of aryl methyl sites for hydroxylation is 2. The van der Waals surface area contributed by atoms with Crippen LogP contribution >= 0.6 is 92.2 Å². The maximum atomic E-state index is 6.05. The topological polar surface area (TPSA) is 34.0 Å². The zero-order chi connectivity index (χ0) is 26.1. The van der Waals surface area contributed by atoms with Crippen molar-refractivity contribution in [2.75, 3.05) is 6.61 Å². The van der Waals surface area contributed by atoms with Crippen molar-refractivity contribution in [2.45, 2.75) is 53.3 Å². The van der Waals surface area contributed by atoms with Gasteiger partial charge in [0.25, 0.3) is 0 Å². The Morgan fingerprint density at radius 3 is 1.59 bits per heavy atom. The van der Waals surface area contributed by atoms with Crippen molar-refractivity contribution < 1.29 is 15.3 Å². The fourth-order valence-corrected chi connectivity index (χ4v) is 6.84. The van der Waals surface area contributed by atoms with Crippen LogP contribution < -0.4 is 0 Å². The van der Waals surface area contributed by atoms with Crippen molar-refractivity contribution in [3.63, 3.8) is 0 Å². The molecule has 11 heteroatoms. The third-order valence-electron chi connectivity index (χ3n) is 4.36. The second kappa shape index (κ2) is 16.3. The second-order valence-corrected chi connectivity index (χ2v) is 21.4. The first-order chi connectivity index (χ1) is 15.8. The number of halogens is 6. The van der Waals surface area contributed by atoms with Gasteiger partial charge in [-0.25, -0.2) is 9.98 Å². The van der Waals surface area contributed by atoms with Gasteiger partial charge in [-0.15, -0.1) is 0 Å². The Morgan fingerprint density at radius 2 is 1.21 bits per heavy atom. The Bertz CT molecular complexity index is 995. The molecule has 0 fully saturated rings. The van der Waals surface area contributed by atoms with Gasteiger partial charge in [0.15, 0.2) is 8.32 Å². The van der Waals surface area contributed by atoms with Crippen LogP contribution in [0.3, 0.4) is 0 Å². The van der Waals surface area contributed by atoms with Crippen LogP contribution in [0.2, 0.25) is 19.6 Å². The first-order valence-electron chi connectivity index (χ1n) is 10.3. The van der Waals surface area contributed by atoms with Gasteiger partial charge in [0.2, 0.25) is 0 Å². The van der Waals surface area contributed by atoms with Gasteiger partial charge in [0.1, 0.15) is 0 Å². The monoisotopic (exact) mass is 908 g/mol. The number of hydrogen-bond donors (Lipinski definition) is 0. The molecule has 0 N–H and O–H groups in total. The molecule has 2 aromatic rings. The summed E-state index contributed by atoms with van der Waals surface area (Å²) in [6, 6.07) is 8.30.